The lowest BCUT2D eigenvalue weighted by atomic mass is 9.93. The number of nitrogens with zero attached hydrogens (tertiary/aromatic N) is 1. The maximum atomic E-state index is 12.7. The number of pyridine rings is 1. The Morgan fingerprint density at radius 2 is 1.85 bits per heavy atom. The second kappa shape index (κ2) is 9.21. The number of rotatable bonds is 8. The molecular weight excluding hydrogens is 336 g/mol. The van der Waals surface area contributed by atoms with Crippen molar-refractivity contribution < 1.29 is 9.90 Å². The summed E-state index contributed by atoms with van der Waals surface area (Å²) in [4.78, 5) is 17.0. The van der Waals surface area contributed by atoms with Crippen molar-refractivity contribution in [2.45, 2.75) is 19.9 Å². The lowest BCUT2D eigenvalue weighted by Gasteiger charge is -2.11. The molecule has 0 radical (unpaired) electrons. The Labute approximate surface area is 159 Å². The third kappa shape index (κ3) is 4.88. The topological polar surface area (TPSA) is 62.2 Å². The van der Waals surface area contributed by atoms with Gasteiger partial charge >= 0.3 is 0 Å². The van der Waals surface area contributed by atoms with Crippen LogP contribution in [0.2, 0.25) is 0 Å². The van der Waals surface area contributed by atoms with Crippen molar-refractivity contribution in [3.05, 3.63) is 89.2 Å². The summed E-state index contributed by atoms with van der Waals surface area (Å²) >= 11 is 0. The van der Waals surface area contributed by atoms with Gasteiger partial charge in [0.15, 0.2) is 5.78 Å². The first-order valence-corrected chi connectivity index (χ1v) is 9.12. The molecule has 27 heavy (non-hydrogen) atoms. The van der Waals surface area contributed by atoms with Gasteiger partial charge < -0.3 is 10.4 Å². The first-order chi connectivity index (χ1) is 13.2. The third-order valence-corrected chi connectivity index (χ3v) is 4.61. The van der Waals surface area contributed by atoms with Crippen LogP contribution in [-0.2, 0) is 13.0 Å². The predicted molar refractivity (Wildman–Crippen MR) is 108 cm³/mol. The number of Topliss-reactive ketones (excluding diaryl/α,β-unsaturated/α-hetero) is 1. The monoisotopic (exact) mass is 360 g/mol. The van der Waals surface area contributed by atoms with Crippen LogP contribution >= 0.6 is 0 Å². The third-order valence-electron chi connectivity index (χ3n) is 4.61. The van der Waals surface area contributed by atoms with Gasteiger partial charge in [-0.25, -0.2) is 0 Å². The van der Waals surface area contributed by atoms with Crippen LogP contribution in [0.3, 0.4) is 0 Å². The van der Waals surface area contributed by atoms with E-state index in [9.17, 15) is 4.79 Å². The van der Waals surface area contributed by atoms with Gasteiger partial charge in [0.2, 0.25) is 0 Å². The summed E-state index contributed by atoms with van der Waals surface area (Å²) < 4.78 is 0. The van der Waals surface area contributed by atoms with E-state index in [2.05, 4.69) is 35.4 Å². The van der Waals surface area contributed by atoms with Crippen molar-refractivity contribution in [2.75, 3.05) is 13.2 Å². The van der Waals surface area contributed by atoms with Gasteiger partial charge in [-0.05, 0) is 40.8 Å². The normalized spacial score (nSPS) is 10.7. The van der Waals surface area contributed by atoms with Gasteiger partial charge in [-0.15, -0.1) is 0 Å². The number of carbonyl (C=O) groups is 1. The molecule has 0 bridgehead atoms. The van der Waals surface area contributed by atoms with E-state index in [1.54, 1.807) is 12.3 Å². The Hall–Kier alpha value is -2.82. The summed E-state index contributed by atoms with van der Waals surface area (Å²) in [6.45, 7) is 3.33. The lowest BCUT2D eigenvalue weighted by Crippen LogP contribution is -2.17. The van der Waals surface area contributed by atoms with Crippen LogP contribution in [0, 0.1) is 6.92 Å². The largest absolute Gasteiger partial charge is 0.395 e. The van der Waals surface area contributed by atoms with Crippen LogP contribution < -0.4 is 5.32 Å². The summed E-state index contributed by atoms with van der Waals surface area (Å²) in [5.74, 6) is 0.0122. The molecule has 4 nitrogen and oxygen atoms in total. The Bertz CT molecular complexity index is 890. The van der Waals surface area contributed by atoms with Crippen LogP contribution in [0.25, 0.3) is 11.1 Å². The fourth-order valence-corrected chi connectivity index (χ4v) is 3.07. The SMILES string of the molecule is Cc1c(CC(=O)c2ccc(CNCCO)cn2)cccc1-c1ccccc1. The molecule has 0 aliphatic heterocycles. The van der Waals surface area contributed by atoms with E-state index in [0.29, 0.717) is 25.2 Å². The molecule has 0 amide bonds. The number of hydrogen-bond donors (Lipinski definition) is 2. The van der Waals surface area contributed by atoms with E-state index in [1.165, 1.54) is 0 Å². The number of nitrogens with one attached hydrogen (secondary N) is 1. The molecular formula is C23H24N2O2. The van der Waals surface area contributed by atoms with Crippen LogP contribution in [0.1, 0.15) is 27.2 Å². The highest BCUT2D eigenvalue weighted by atomic mass is 16.3. The van der Waals surface area contributed by atoms with E-state index < -0.39 is 0 Å². The molecule has 0 unspecified atom stereocenters. The van der Waals surface area contributed by atoms with E-state index in [-0.39, 0.29) is 12.4 Å². The van der Waals surface area contributed by atoms with Crippen LogP contribution in [0.4, 0.5) is 0 Å². The zero-order chi connectivity index (χ0) is 19.1. The Balaban J connectivity index is 1.73. The second-order valence-electron chi connectivity index (χ2n) is 6.51. The van der Waals surface area contributed by atoms with Crippen molar-refractivity contribution in [1.29, 1.82) is 0 Å². The summed E-state index contributed by atoms with van der Waals surface area (Å²) in [5.41, 5.74) is 5.92. The summed E-state index contributed by atoms with van der Waals surface area (Å²) in [6.07, 6.45) is 2.05. The molecule has 3 rings (SSSR count). The zero-order valence-electron chi connectivity index (χ0n) is 15.5. The molecule has 3 aromatic rings. The quantitative estimate of drug-likeness (QED) is 0.476. The smallest absolute Gasteiger partial charge is 0.185 e. The van der Waals surface area contributed by atoms with Crippen LogP contribution in [0.15, 0.2) is 66.9 Å². The molecule has 4 heteroatoms. The first kappa shape index (κ1) is 19.0. The number of aromatic nitrogens is 1. The molecule has 2 N–H and O–H groups in total. The molecule has 0 spiro atoms. The molecule has 0 aliphatic carbocycles. The highest BCUT2D eigenvalue weighted by Gasteiger charge is 2.12. The molecule has 0 fully saturated rings. The minimum atomic E-state index is 0.0122. The number of carbonyl (C=O) groups excluding carboxylic acids is 1. The molecule has 0 saturated carbocycles. The maximum absolute atomic E-state index is 12.7. The molecule has 1 heterocycles. The minimum absolute atomic E-state index is 0.0122. The average molecular weight is 360 g/mol. The molecule has 0 atom stereocenters. The highest BCUT2D eigenvalue weighted by molar-refractivity contribution is 5.96. The predicted octanol–water partition coefficient (Wildman–Crippen LogP) is 3.56. The lowest BCUT2D eigenvalue weighted by molar-refractivity contribution is 0.0988. The molecule has 2 aromatic carbocycles. The van der Waals surface area contributed by atoms with Crippen molar-refractivity contribution in [3.63, 3.8) is 0 Å². The van der Waals surface area contributed by atoms with E-state index >= 15 is 0 Å². The van der Waals surface area contributed by atoms with E-state index in [4.69, 9.17) is 5.11 Å². The van der Waals surface area contributed by atoms with Crippen molar-refractivity contribution in [2.24, 2.45) is 0 Å². The maximum Gasteiger partial charge on any atom is 0.185 e. The average Bonchev–Trinajstić information content (AvgIpc) is 2.71. The second-order valence-corrected chi connectivity index (χ2v) is 6.51. The highest BCUT2D eigenvalue weighted by Crippen LogP contribution is 2.26. The summed E-state index contributed by atoms with van der Waals surface area (Å²) in [6, 6.07) is 20.0. The van der Waals surface area contributed by atoms with E-state index in [0.717, 1.165) is 27.8 Å². The van der Waals surface area contributed by atoms with Gasteiger partial charge in [0.25, 0.3) is 0 Å². The van der Waals surface area contributed by atoms with Gasteiger partial charge in [-0.2, -0.15) is 0 Å². The van der Waals surface area contributed by atoms with Crippen molar-refractivity contribution in [1.82, 2.24) is 10.3 Å². The minimum Gasteiger partial charge on any atom is -0.395 e. The van der Waals surface area contributed by atoms with Crippen molar-refractivity contribution >= 4 is 5.78 Å². The Kier molecular flexibility index (Phi) is 6.47. The number of hydrogen-bond acceptors (Lipinski definition) is 4. The van der Waals surface area contributed by atoms with Crippen molar-refractivity contribution in [3.8, 4) is 11.1 Å². The first-order valence-electron chi connectivity index (χ1n) is 9.12. The van der Waals surface area contributed by atoms with Gasteiger partial charge in [-0.1, -0.05) is 54.6 Å². The number of aliphatic hydroxyl groups is 1. The Morgan fingerprint density at radius 1 is 1.04 bits per heavy atom. The van der Waals surface area contributed by atoms with Gasteiger partial charge in [0.05, 0.1) is 6.61 Å². The molecule has 1 aromatic heterocycles. The number of ketones is 1. The fraction of sp³-hybridized carbons (Fsp3) is 0.217. The molecule has 0 aliphatic rings. The van der Waals surface area contributed by atoms with Gasteiger partial charge in [0, 0.05) is 25.7 Å². The number of aliphatic hydroxyl groups excluding tert-OH is 1. The van der Waals surface area contributed by atoms with Crippen LogP contribution in [-0.4, -0.2) is 29.0 Å². The number of benzene rings is 2. The standard InChI is InChI=1S/C23H24N2O2/c1-17-20(8-5-9-21(17)19-6-3-2-4-7-19)14-23(27)22-11-10-18(16-25-22)15-24-12-13-26/h2-11,16,24,26H,12-15H2,1H3. The summed E-state index contributed by atoms with van der Waals surface area (Å²) in [7, 11) is 0. The van der Waals surface area contributed by atoms with Gasteiger partial charge in [0.1, 0.15) is 5.69 Å². The van der Waals surface area contributed by atoms with Crippen LogP contribution in [0.5, 0.6) is 0 Å². The fourth-order valence-electron chi connectivity index (χ4n) is 3.07. The molecule has 0 saturated heterocycles. The van der Waals surface area contributed by atoms with E-state index in [1.807, 2.05) is 36.4 Å². The van der Waals surface area contributed by atoms with Gasteiger partial charge in [-0.3, -0.25) is 9.78 Å². The molecule has 138 valence electrons. The zero-order valence-corrected chi connectivity index (χ0v) is 15.5. The summed E-state index contributed by atoms with van der Waals surface area (Å²) in [5, 5.41) is 11.9. The Morgan fingerprint density at radius 3 is 2.56 bits per heavy atom.